The van der Waals surface area contributed by atoms with Gasteiger partial charge in [0.05, 0.1) is 11.2 Å². The van der Waals surface area contributed by atoms with Crippen molar-refractivity contribution < 1.29 is 22.5 Å². The van der Waals surface area contributed by atoms with Crippen molar-refractivity contribution in [1.82, 2.24) is 4.57 Å². The molecular formula is C14H19BF3NO3. The van der Waals surface area contributed by atoms with Crippen LogP contribution in [0, 0.1) is 0 Å². The predicted octanol–water partition coefficient (Wildman–Crippen LogP) is 2.27. The van der Waals surface area contributed by atoms with Gasteiger partial charge in [-0.15, -0.1) is 0 Å². The van der Waals surface area contributed by atoms with Gasteiger partial charge in [-0.25, -0.2) is 0 Å². The highest BCUT2D eigenvalue weighted by Gasteiger charge is 2.52. The summed E-state index contributed by atoms with van der Waals surface area (Å²) in [6, 6.07) is 0.620. The van der Waals surface area contributed by atoms with Gasteiger partial charge >= 0.3 is 13.3 Å². The Bertz CT molecular complexity index is 608. The molecule has 2 heterocycles. The number of aromatic nitrogens is 1. The summed E-state index contributed by atoms with van der Waals surface area (Å²) in [5.41, 5.74) is -1.54. The summed E-state index contributed by atoms with van der Waals surface area (Å²) in [6.07, 6.45) is -3.35. The zero-order chi connectivity index (χ0) is 16.9. The minimum Gasteiger partial charge on any atom is -0.399 e. The van der Waals surface area contributed by atoms with Crippen molar-refractivity contribution in [2.75, 3.05) is 0 Å². The first-order valence-corrected chi connectivity index (χ1v) is 6.99. The van der Waals surface area contributed by atoms with Gasteiger partial charge in [0.1, 0.15) is 6.04 Å². The Hall–Kier alpha value is -1.28. The van der Waals surface area contributed by atoms with Crippen molar-refractivity contribution in [1.29, 1.82) is 0 Å². The van der Waals surface area contributed by atoms with Crippen LogP contribution in [0.1, 0.15) is 40.7 Å². The summed E-state index contributed by atoms with van der Waals surface area (Å²) in [5, 5.41) is 0. The molecule has 2 rings (SSSR count). The molecule has 0 spiro atoms. The van der Waals surface area contributed by atoms with Crippen LogP contribution in [0.25, 0.3) is 0 Å². The molecular weight excluding hydrogens is 298 g/mol. The molecule has 0 bridgehead atoms. The van der Waals surface area contributed by atoms with E-state index in [0.717, 1.165) is 19.2 Å². The van der Waals surface area contributed by atoms with Crippen molar-refractivity contribution in [2.24, 2.45) is 0 Å². The van der Waals surface area contributed by atoms with E-state index in [0.29, 0.717) is 10.0 Å². The predicted molar refractivity (Wildman–Crippen MR) is 77.2 cm³/mol. The van der Waals surface area contributed by atoms with Gasteiger partial charge in [0.15, 0.2) is 0 Å². The fourth-order valence-electron chi connectivity index (χ4n) is 2.10. The molecule has 8 heteroatoms. The van der Waals surface area contributed by atoms with Crippen molar-refractivity contribution >= 4 is 12.6 Å². The second-order valence-corrected chi connectivity index (χ2v) is 6.51. The summed E-state index contributed by atoms with van der Waals surface area (Å²) < 4.78 is 50.8. The molecule has 1 fully saturated rings. The van der Waals surface area contributed by atoms with Crippen LogP contribution in [0.4, 0.5) is 13.2 Å². The molecule has 0 saturated carbocycles. The molecule has 1 aromatic rings. The first-order valence-electron chi connectivity index (χ1n) is 6.99. The van der Waals surface area contributed by atoms with Crippen LogP contribution >= 0.6 is 0 Å². The van der Waals surface area contributed by atoms with Gasteiger partial charge in [0, 0.05) is 12.3 Å². The molecule has 122 valence electrons. The molecule has 1 aromatic heterocycles. The maximum absolute atomic E-state index is 12.8. The Kier molecular flexibility index (Phi) is 3.98. The lowest BCUT2D eigenvalue weighted by Gasteiger charge is -2.32. The van der Waals surface area contributed by atoms with Crippen molar-refractivity contribution in [3.05, 3.63) is 28.7 Å². The van der Waals surface area contributed by atoms with E-state index in [-0.39, 0.29) is 0 Å². The lowest BCUT2D eigenvalue weighted by Crippen LogP contribution is -2.41. The lowest BCUT2D eigenvalue weighted by molar-refractivity contribution is -0.163. The van der Waals surface area contributed by atoms with Gasteiger partial charge in [-0.05, 0) is 40.1 Å². The summed E-state index contributed by atoms with van der Waals surface area (Å²) in [7, 11) is -0.808. The molecule has 1 atom stereocenters. The topological polar surface area (TPSA) is 40.5 Å². The first-order chi connectivity index (χ1) is 9.85. The highest BCUT2D eigenvalue weighted by Crippen LogP contribution is 2.36. The molecule has 0 radical (unpaired) electrons. The van der Waals surface area contributed by atoms with Crippen LogP contribution in [-0.2, 0) is 9.31 Å². The number of nitrogens with zero attached hydrogens (tertiary/aromatic N) is 1. The number of pyridine rings is 1. The normalized spacial score (nSPS) is 21.9. The quantitative estimate of drug-likeness (QED) is 0.786. The van der Waals surface area contributed by atoms with E-state index in [1.165, 1.54) is 6.07 Å². The maximum atomic E-state index is 12.8. The summed E-state index contributed by atoms with van der Waals surface area (Å²) in [5.74, 6) is 0. The Morgan fingerprint density at radius 2 is 1.64 bits per heavy atom. The average Bonchev–Trinajstić information content (AvgIpc) is 2.57. The Balaban J connectivity index is 2.38. The van der Waals surface area contributed by atoms with E-state index >= 15 is 0 Å². The molecule has 4 nitrogen and oxygen atoms in total. The van der Waals surface area contributed by atoms with E-state index < -0.39 is 36.1 Å². The van der Waals surface area contributed by atoms with Crippen LogP contribution in [0.15, 0.2) is 23.1 Å². The van der Waals surface area contributed by atoms with Crippen LogP contribution in [0.2, 0.25) is 0 Å². The van der Waals surface area contributed by atoms with E-state index in [4.69, 9.17) is 9.31 Å². The van der Waals surface area contributed by atoms with Crippen molar-refractivity contribution in [3.8, 4) is 0 Å². The van der Waals surface area contributed by atoms with Crippen LogP contribution in [0.5, 0.6) is 0 Å². The Morgan fingerprint density at radius 3 is 2.09 bits per heavy atom. The number of halogens is 3. The summed E-state index contributed by atoms with van der Waals surface area (Å²) in [6.45, 7) is 8.33. The van der Waals surface area contributed by atoms with E-state index in [1.54, 1.807) is 0 Å². The molecule has 0 aliphatic carbocycles. The molecule has 22 heavy (non-hydrogen) atoms. The molecule has 0 N–H and O–H groups in total. The number of alkyl halides is 3. The van der Waals surface area contributed by atoms with E-state index in [1.807, 2.05) is 27.7 Å². The molecule has 1 saturated heterocycles. The number of rotatable bonds is 2. The first kappa shape index (κ1) is 17.1. The van der Waals surface area contributed by atoms with Crippen LogP contribution < -0.4 is 11.0 Å². The smallest absolute Gasteiger partial charge is 0.399 e. The third-order valence-electron chi connectivity index (χ3n) is 4.38. The second-order valence-electron chi connectivity index (χ2n) is 6.51. The minimum absolute atomic E-state index is 0.384. The third kappa shape index (κ3) is 2.94. The Morgan fingerprint density at radius 1 is 1.14 bits per heavy atom. The van der Waals surface area contributed by atoms with Crippen molar-refractivity contribution in [2.45, 2.75) is 58.0 Å². The zero-order valence-electron chi connectivity index (χ0n) is 13.2. The lowest BCUT2D eigenvalue weighted by atomic mass is 9.80. The monoisotopic (exact) mass is 317 g/mol. The average molecular weight is 317 g/mol. The second kappa shape index (κ2) is 5.13. The molecule has 1 unspecified atom stereocenters. The largest absolute Gasteiger partial charge is 0.496 e. The maximum Gasteiger partial charge on any atom is 0.496 e. The highest BCUT2D eigenvalue weighted by atomic mass is 19.4. The minimum atomic E-state index is -4.50. The fourth-order valence-corrected chi connectivity index (χ4v) is 2.10. The number of hydrogen-bond donors (Lipinski definition) is 0. The van der Waals surface area contributed by atoms with Gasteiger partial charge in [0.25, 0.3) is 5.56 Å². The third-order valence-corrected chi connectivity index (χ3v) is 4.38. The molecule has 0 amide bonds. The molecule has 1 aliphatic rings. The van der Waals surface area contributed by atoms with Gasteiger partial charge in [-0.1, -0.05) is 6.07 Å². The van der Waals surface area contributed by atoms with Gasteiger partial charge in [-0.2, -0.15) is 13.2 Å². The SMILES string of the molecule is CC(n1cc(B2OC(C)(C)C(C)(C)O2)ccc1=O)C(F)(F)F. The van der Waals surface area contributed by atoms with E-state index in [2.05, 4.69) is 0 Å². The zero-order valence-corrected chi connectivity index (χ0v) is 13.2. The van der Waals surface area contributed by atoms with Gasteiger partial charge in [0.2, 0.25) is 0 Å². The van der Waals surface area contributed by atoms with Crippen LogP contribution in [0.3, 0.4) is 0 Å². The highest BCUT2D eigenvalue weighted by molar-refractivity contribution is 6.62. The number of hydrogen-bond acceptors (Lipinski definition) is 3. The molecule has 0 aromatic carbocycles. The van der Waals surface area contributed by atoms with Crippen LogP contribution in [-0.4, -0.2) is 29.1 Å². The summed E-state index contributed by atoms with van der Waals surface area (Å²) in [4.78, 5) is 11.7. The standard InChI is InChI=1S/C14H19BF3NO3/c1-9(14(16,17)18)19-8-10(6-7-11(19)20)15-21-12(2,3)13(4,5)22-15/h6-9H,1-5H3. The van der Waals surface area contributed by atoms with Gasteiger partial charge in [-0.3, -0.25) is 4.79 Å². The summed E-state index contributed by atoms with van der Waals surface area (Å²) >= 11 is 0. The van der Waals surface area contributed by atoms with E-state index in [9.17, 15) is 18.0 Å². The van der Waals surface area contributed by atoms with Crippen molar-refractivity contribution in [3.63, 3.8) is 0 Å². The Labute approximate surface area is 127 Å². The molecule has 1 aliphatic heterocycles. The van der Waals surface area contributed by atoms with Gasteiger partial charge < -0.3 is 13.9 Å². The fraction of sp³-hybridized carbons (Fsp3) is 0.643.